The highest BCUT2D eigenvalue weighted by Crippen LogP contribution is 2.24. The van der Waals surface area contributed by atoms with Gasteiger partial charge < -0.3 is 0 Å². The Morgan fingerprint density at radius 1 is 1.46 bits per heavy atom. The lowest BCUT2D eigenvalue weighted by Crippen LogP contribution is -1.92. The highest BCUT2D eigenvalue weighted by Gasteiger charge is 2.05. The average Bonchev–Trinajstić information content (AvgIpc) is 2.16. The summed E-state index contributed by atoms with van der Waals surface area (Å²) in [6.45, 7) is 8.23. The highest BCUT2D eigenvalue weighted by atomic mass is 35.5. The Labute approximate surface area is 85.9 Å². The van der Waals surface area contributed by atoms with Crippen LogP contribution < -0.4 is 0 Å². The summed E-state index contributed by atoms with van der Waals surface area (Å²) >= 11 is 6.09. The molecule has 0 fully saturated rings. The van der Waals surface area contributed by atoms with Crippen molar-refractivity contribution >= 4 is 11.6 Å². The Kier molecular flexibility index (Phi) is 3.80. The fourth-order valence-corrected chi connectivity index (χ4v) is 1.59. The summed E-state index contributed by atoms with van der Waals surface area (Å²) in [4.78, 5) is 0. The molecule has 0 saturated carbocycles. The first-order valence-corrected chi connectivity index (χ1v) is 5.14. The maximum atomic E-state index is 6.09. The van der Waals surface area contributed by atoms with Gasteiger partial charge in [0.25, 0.3) is 0 Å². The van der Waals surface area contributed by atoms with E-state index in [-0.39, 0.29) is 0 Å². The first-order valence-electron chi connectivity index (χ1n) is 4.76. The molecule has 1 rings (SSSR count). The van der Waals surface area contributed by atoms with Gasteiger partial charge >= 0.3 is 0 Å². The summed E-state index contributed by atoms with van der Waals surface area (Å²) in [5, 5.41) is 0.854. The van der Waals surface area contributed by atoms with Crippen molar-refractivity contribution in [3.63, 3.8) is 0 Å². The highest BCUT2D eigenvalue weighted by molar-refractivity contribution is 6.31. The monoisotopic (exact) mass is 195 g/mol. The molecule has 0 nitrogen and oxygen atoms in total. The van der Waals surface area contributed by atoms with E-state index in [1.807, 2.05) is 0 Å². The van der Waals surface area contributed by atoms with Crippen molar-refractivity contribution in [1.82, 2.24) is 0 Å². The van der Waals surface area contributed by atoms with Gasteiger partial charge in [-0.1, -0.05) is 37.6 Å². The fraction of sp³-hybridized carbons (Fsp3) is 0.417. The molecule has 0 aromatic heterocycles. The number of hydrogen-bond donors (Lipinski definition) is 0. The molecule has 0 amide bonds. The van der Waals surface area contributed by atoms with E-state index in [4.69, 9.17) is 11.6 Å². The zero-order valence-corrected chi connectivity index (χ0v) is 9.06. The molecule has 1 aromatic carbocycles. The van der Waals surface area contributed by atoms with E-state index in [1.54, 1.807) is 0 Å². The Bertz CT molecular complexity index is 278. The Morgan fingerprint density at radius 3 is 2.62 bits per heavy atom. The first-order chi connectivity index (χ1) is 6.19. The molecule has 0 heterocycles. The van der Waals surface area contributed by atoms with E-state index in [0.29, 0.717) is 5.92 Å². The Hall–Kier alpha value is -0.490. The van der Waals surface area contributed by atoms with Crippen LogP contribution in [0.3, 0.4) is 0 Å². The van der Waals surface area contributed by atoms with Crippen LogP contribution in [-0.2, 0) is 6.42 Å². The summed E-state index contributed by atoms with van der Waals surface area (Å²) in [6.07, 6.45) is 1.92. The maximum Gasteiger partial charge on any atom is 0.0440 e. The molecule has 1 radical (unpaired) electrons. The molecule has 0 N–H and O–H groups in total. The van der Waals surface area contributed by atoms with Crippen molar-refractivity contribution < 1.29 is 0 Å². The topological polar surface area (TPSA) is 0 Å². The maximum absolute atomic E-state index is 6.09. The predicted molar refractivity (Wildman–Crippen MR) is 59.2 cm³/mol. The minimum Gasteiger partial charge on any atom is -0.0840 e. The molecule has 0 aliphatic heterocycles. The van der Waals surface area contributed by atoms with Gasteiger partial charge in [-0.25, -0.2) is 0 Å². The molecular formula is C12H16Cl. The van der Waals surface area contributed by atoms with Gasteiger partial charge in [0.15, 0.2) is 0 Å². The van der Waals surface area contributed by atoms with Crippen molar-refractivity contribution in [2.75, 3.05) is 0 Å². The van der Waals surface area contributed by atoms with Crippen LogP contribution in [0.1, 0.15) is 37.3 Å². The molecule has 1 aromatic rings. The second kappa shape index (κ2) is 4.66. The van der Waals surface area contributed by atoms with Gasteiger partial charge in [0, 0.05) is 5.02 Å². The quantitative estimate of drug-likeness (QED) is 0.677. The summed E-state index contributed by atoms with van der Waals surface area (Å²) < 4.78 is 0. The molecule has 1 unspecified atom stereocenters. The third-order valence-corrected chi connectivity index (χ3v) is 2.88. The van der Waals surface area contributed by atoms with Crippen molar-refractivity contribution in [2.45, 2.75) is 32.6 Å². The van der Waals surface area contributed by atoms with E-state index in [1.165, 1.54) is 5.56 Å². The summed E-state index contributed by atoms with van der Waals surface area (Å²) in [6, 6.07) is 6.30. The van der Waals surface area contributed by atoms with Crippen LogP contribution in [-0.4, -0.2) is 0 Å². The van der Waals surface area contributed by atoms with Crippen LogP contribution in [0.2, 0.25) is 5.02 Å². The molecule has 1 atom stereocenters. The standard InChI is InChI=1S/C12H16Cl/c1-4-9(3)11-7-6-10(5-2)12(13)8-11/h6-9H,2,4-5H2,1,3H3. The molecule has 1 heteroatoms. The van der Waals surface area contributed by atoms with Gasteiger partial charge in [0.05, 0.1) is 0 Å². The largest absolute Gasteiger partial charge is 0.0840 e. The third-order valence-electron chi connectivity index (χ3n) is 2.53. The molecule has 0 bridgehead atoms. The van der Waals surface area contributed by atoms with Crippen molar-refractivity contribution in [3.05, 3.63) is 41.3 Å². The molecule has 0 aliphatic carbocycles. The Morgan fingerprint density at radius 2 is 2.15 bits per heavy atom. The number of rotatable bonds is 3. The van der Waals surface area contributed by atoms with Gasteiger partial charge in [0.1, 0.15) is 0 Å². The van der Waals surface area contributed by atoms with E-state index in [2.05, 4.69) is 39.0 Å². The van der Waals surface area contributed by atoms with Crippen LogP contribution in [0.5, 0.6) is 0 Å². The van der Waals surface area contributed by atoms with E-state index in [0.717, 1.165) is 23.4 Å². The molecular weight excluding hydrogens is 180 g/mol. The minimum absolute atomic E-state index is 0.594. The van der Waals surface area contributed by atoms with Crippen molar-refractivity contribution in [1.29, 1.82) is 0 Å². The molecule has 0 aliphatic rings. The summed E-state index contributed by atoms with van der Waals surface area (Å²) in [5.41, 5.74) is 2.46. The number of hydrogen-bond acceptors (Lipinski definition) is 0. The molecule has 71 valence electrons. The van der Waals surface area contributed by atoms with Crippen LogP contribution in [0.4, 0.5) is 0 Å². The average molecular weight is 196 g/mol. The van der Waals surface area contributed by atoms with Gasteiger partial charge in [-0.2, -0.15) is 0 Å². The second-order valence-electron chi connectivity index (χ2n) is 3.41. The van der Waals surface area contributed by atoms with Gasteiger partial charge in [-0.15, -0.1) is 0 Å². The van der Waals surface area contributed by atoms with Crippen LogP contribution in [0.25, 0.3) is 0 Å². The van der Waals surface area contributed by atoms with Gasteiger partial charge in [0.2, 0.25) is 0 Å². The van der Waals surface area contributed by atoms with E-state index >= 15 is 0 Å². The van der Waals surface area contributed by atoms with Crippen molar-refractivity contribution in [2.24, 2.45) is 0 Å². The minimum atomic E-state index is 0.594. The lowest BCUT2D eigenvalue weighted by Gasteiger charge is -2.10. The third kappa shape index (κ3) is 2.47. The fourth-order valence-electron chi connectivity index (χ4n) is 1.31. The number of benzene rings is 1. The van der Waals surface area contributed by atoms with Gasteiger partial charge in [-0.3, -0.25) is 0 Å². The molecule has 13 heavy (non-hydrogen) atoms. The summed E-state index contributed by atoms with van der Waals surface area (Å²) in [7, 11) is 0. The lowest BCUT2D eigenvalue weighted by atomic mass is 9.97. The normalized spacial score (nSPS) is 12.9. The smallest absolute Gasteiger partial charge is 0.0440 e. The second-order valence-corrected chi connectivity index (χ2v) is 3.82. The van der Waals surface area contributed by atoms with Crippen LogP contribution in [0, 0.1) is 6.92 Å². The number of halogens is 1. The zero-order chi connectivity index (χ0) is 9.84. The van der Waals surface area contributed by atoms with Crippen molar-refractivity contribution in [3.8, 4) is 0 Å². The molecule has 0 spiro atoms. The van der Waals surface area contributed by atoms with E-state index < -0.39 is 0 Å². The first kappa shape index (κ1) is 10.6. The summed E-state index contributed by atoms with van der Waals surface area (Å²) in [5.74, 6) is 0.594. The zero-order valence-electron chi connectivity index (χ0n) is 8.31. The van der Waals surface area contributed by atoms with Gasteiger partial charge in [-0.05, 0) is 42.9 Å². The lowest BCUT2D eigenvalue weighted by molar-refractivity contribution is 0.733. The van der Waals surface area contributed by atoms with E-state index in [9.17, 15) is 0 Å². The van der Waals surface area contributed by atoms with Crippen LogP contribution >= 0.6 is 11.6 Å². The van der Waals surface area contributed by atoms with Crippen LogP contribution in [0.15, 0.2) is 18.2 Å². The Balaban J connectivity index is 2.95. The molecule has 0 saturated heterocycles. The SMILES string of the molecule is [CH2]Cc1ccc(C(C)CC)cc1Cl. The predicted octanol–water partition coefficient (Wildman–Crippen LogP) is 4.23.